The van der Waals surface area contributed by atoms with Crippen molar-refractivity contribution >= 4 is 13.3 Å². The molecule has 0 amide bonds. The fourth-order valence-corrected chi connectivity index (χ4v) is 7.01. The van der Waals surface area contributed by atoms with Crippen LogP contribution >= 0.6 is 7.26 Å². The molecule has 1 aromatic carbocycles. The summed E-state index contributed by atoms with van der Waals surface area (Å²) in [6.45, 7) is 13.6. The monoisotopic (exact) mass is 377 g/mol. The van der Waals surface area contributed by atoms with Crippen molar-refractivity contribution in [2.24, 2.45) is 0 Å². The Labute approximate surface area is 162 Å². The van der Waals surface area contributed by atoms with Crippen LogP contribution in [-0.2, 0) is 20.4 Å². The molecule has 1 aliphatic rings. The van der Waals surface area contributed by atoms with Gasteiger partial charge in [0.1, 0.15) is 0 Å². The third-order valence-corrected chi connectivity index (χ3v) is 11.0. The van der Waals surface area contributed by atoms with Gasteiger partial charge >= 0.3 is 163 Å². The van der Waals surface area contributed by atoms with Crippen molar-refractivity contribution in [3.63, 3.8) is 0 Å². The summed E-state index contributed by atoms with van der Waals surface area (Å²) in [5.41, 5.74) is 5.73. The number of fused-ring (bicyclic) bond motifs is 1. The van der Waals surface area contributed by atoms with E-state index in [1.807, 2.05) is 0 Å². The van der Waals surface area contributed by atoms with E-state index in [9.17, 15) is 0 Å². The van der Waals surface area contributed by atoms with Crippen LogP contribution in [-0.4, -0.2) is 18.5 Å². The SMILES string of the molecule is CC[PH](C=C(C)C=C(C)C)(CC)CC.[Ti][CH]1C=Cc2ccccc21. The summed E-state index contributed by atoms with van der Waals surface area (Å²) >= 11 is 2.22. The van der Waals surface area contributed by atoms with Crippen LogP contribution in [0.3, 0.4) is 0 Å². The number of rotatable bonds is 5. The van der Waals surface area contributed by atoms with Gasteiger partial charge in [-0.05, 0) is 0 Å². The molecule has 0 saturated carbocycles. The maximum absolute atomic E-state index is 2.60. The zero-order valence-corrected chi connectivity index (χ0v) is 18.9. The van der Waals surface area contributed by atoms with E-state index in [1.165, 1.54) is 40.8 Å². The Balaban J connectivity index is 0.000000250. The van der Waals surface area contributed by atoms with E-state index in [0.717, 1.165) is 0 Å². The Morgan fingerprint density at radius 1 is 1.04 bits per heavy atom. The number of benzene rings is 1. The van der Waals surface area contributed by atoms with Crippen LogP contribution in [0.5, 0.6) is 0 Å². The van der Waals surface area contributed by atoms with Crippen molar-refractivity contribution in [3.05, 3.63) is 64.5 Å². The van der Waals surface area contributed by atoms with Crippen molar-refractivity contribution in [2.75, 3.05) is 18.5 Å². The molecule has 2 rings (SSSR count). The fourth-order valence-electron chi connectivity index (χ4n) is 3.29. The van der Waals surface area contributed by atoms with E-state index in [0.29, 0.717) is 4.22 Å². The van der Waals surface area contributed by atoms with Crippen molar-refractivity contribution in [1.29, 1.82) is 0 Å². The molecule has 0 fully saturated rings. The zero-order chi connectivity index (χ0) is 18.2. The summed E-state index contributed by atoms with van der Waals surface area (Å²) < 4.78 is 0.621. The van der Waals surface area contributed by atoms with Gasteiger partial charge in [-0.1, -0.05) is 0 Å². The summed E-state index contributed by atoms with van der Waals surface area (Å²) in [5, 5.41) is 0. The first-order valence-electron chi connectivity index (χ1n) is 9.20. The molecule has 0 bridgehead atoms. The quantitative estimate of drug-likeness (QED) is 0.295. The van der Waals surface area contributed by atoms with Gasteiger partial charge in [0.05, 0.1) is 0 Å². The molecule has 0 N–H and O–H groups in total. The van der Waals surface area contributed by atoms with Gasteiger partial charge in [-0.15, -0.1) is 0 Å². The number of hydrogen-bond acceptors (Lipinski definition) is 0. The first-order valence-corrected chi connectivity index (χ1v) is 12.8. The van der Waals surface area contributed by atoms with Crippen molar-refractivity contribution in [2.45, 2.75) is 45.8 Å². The molecule has 1 aliphatic carbocycles. The predicted molar refractivity (Wildman–Crippen MR) is 111 cm³/mol. The summed E-state index contributed by atoms with van der Waals surface area (Å²) in [6, 6.07) is 8.54. The van der Waals surface area contributed by atoms with Gasteiger partial charge in [0.2, 0.25) is 0 Å². The second-order valence-corrected chi connectivity index (χ2v) is 13.1. The Morgan fingerprint density at radius 3 is 2.12 bits per heavy atom. The topological polar surface area (TPSA) is 0 Å². The normalized spacial score (nSPS) is 16.9. The Hall–Kier alpha value is -0.416. The molecule has 1 atom stereocenters. The van der Waals surface area contributed by atoms with E-state index in [-0.39, 0.29) is 0 Å². The van der Waals surface area contributed by atoms with Gasteiger partial charge in [-0.2, -0.15) is 0 Å². The van der Waals surface area contributed by atoms with Crippen LogP contribution in [0.15, 0.2) is 53.4 Å². The Kier molecular flexibility index (Phi) is 9.50. The number of allylic oxidation sites excluding steroid dienone is 4. The van der Waals surface area contributed by atoms with Crippen LogP contribution in [0.1, 0.15) is 56.9 Å². The van der Waals surface area contributed by atoms with Crippen LogP contribution in [0.4, 0.5) is 0 Å². The second-order valence-electron chi connectivity index (χ2n) is 7.00. The molecule has 1 aromatic rings. The third kappa shape index (κ3) is 6.47. The molecule has 1 unspecified atom stereocenters. The van der Waals surface area contributed by atoms with Gasteiger partial charge in [0.25, 0.3) is 0 Å². The standard InChI is InChI=1S/C13H27P.C9H7.Ti/c1-7-14(8-2,9-3)11-13(6)10-12(4)5;1-2-5-9-7-3-6-8(9)4-1;/h10-11,14H,7-9H2,1-6H3;1-7H;. The predicted octanol–water partition coefficient (Wildman–Crippen LogP) is 6.97. The second kappa shape index (κ2) is 10.5. The molecular formula is C22H34PTi. The summed E-state index contributed by atoms with van der Waals surface area (Å²) in [4.78, 5) is 0. The van der Waals surface area contributed by atoms with Crippen LogP contribution in [0, 0.1) is 0 Å². The summed E-state index contributed by atoms with van der Waals surface area (Å²) in [5.74, 6) is 2.60. The molecule has 0 spiro atoms. The van der Waals surface area contributed by atoms with E-state index in [4.69, 9.17) is 0 Å². The average Bonchev–Trinajstić information content (AvgIpc) is 2.94. The van der Waals surface area contributed by atoms with Crippen LogP contribution in [0.2, 0.25) is 0 Å². The summed E-state index contributed by atoms with van der Waals surface area (Å²) in [6.07, 6.45) is 10.9. The molecule has 0 heterocycles. The van der Waals surface area contributed by atoms with Crippen LogP contribution < -0.4 is 0 Å². The molecule has 24 heavy (non-hydrogen) atoms. The van der Waals surface area contributed by atoms with Gasteiger partial charge < -0.3 is 0 Å². The van der Waals surface area contributed by atoms with Crippen molar-refractivity contribution in [3.8, 4) is 0 Å². The molecule has 0 aromatic heterocycles. The molecule has 0 saturated heterocycles. The van der Waals surface area contributed by atoms with E-state index in [2.05, 4.69) is 110 Å². The molecule has 0 radical (unpaired) electrons. The molecular weight excluding hydrogens is 343 g/mol. The Bertz CT molecular complexity index is 594. The molecule has 131 valence electrons. The minimum atomic E-state index is -1.05. The molecule has 0 nitrogen and oxygen atoms in total. The summed E-state index contributed by atoms with van der Waals surface area (Å²) in [7, 11) is -1.05. The average molecular weight is 377 g/mol. The number of hydrogen-bond donors (Lipinski definition) is 0. The van der Waals surface area contributed by atoms with Crippen LogP contribution in [0.25, 0.3) is 6.08 Å². The van der Waals surface area contributed by atoms with Gasteiger partial charge in [0, 0.05) is 0 Å². The minimum absolute atomic E-state index is 0.621. The Morgan fingerprint density at radius 2 is 1.62 bits per heavy atom. The zero-order valence-electron chi connectivity index (χ0n) is 16.3. The third-order valence-electron chi connectivity index (χ3n) is 4.96. The van der Waals surface area contributed by atoms with Gasteiger partial charge in [-0.3, -0.25) is 0 Å². The van der Waals surface area contributed by atoms with E-state index >= 15 is 0 Å². The van der Waals surface area contributed by atoms with E-state index in [1.54, 1.807) is 0 Å². The molecule has 2 heteroatoms. The van der Waals surface area contributed by atoms with Crippen molar-refractivity contribution < 1.29 is 20.4 Å². The maximum atomic E-state index is 2.60. The van der Waals surface area contributed by atoms with Gasteiger partial charge in [0.15, 0.2) is 0 Å². The fraction of sp³-hybridized carbons (Fsp3) is 0.455. The first-order chi connectivity index (χ1) is 11.4. The van der Waals surface area contributed by atoms with E-state index < -0.39 is 7.26 Å². The molecule has 0 aliphatic heterocycles. The van der Waals surface area contributed by atoms with Gasteiger partial charge in [-0.25, -0.2) is 0 Å². The van der Waals surface area contributed by atoms with Crippen molar-refractivity contribution in [1.82, 2.24) is 0 Å². The first kappa shape index (κ1) is 21.6.